The maximum absolute atomic E-state index is 12.2. The smallest absolute Gasteiger partial charge is 0.307 e. The highest BCUT2D eigenvalue weighted by Gasteiger charge is 2.20. The molecule has 0 spiro atoms. The maximum atomic E-state index is 12.2. The van der Waals surface area contributed by atoms with Gasteiger partial charge in [0.1, 0.15) is 18.4 Å². The number of benzene rings is 1. The second-order valence-corrected chi connectivity index (χ2v) is 4.67. The van der Waals surface area contributed by atoms with Crippen LogP contribution in [0.5, 0.6) is 11.5 Å². The lowest BCUT2D eigenvalue weighted by molar-refractivity contribution is -0.385. The van der Waals surface area contributed by atoms with E-state index < -0.39 is 11.0 Å². The Morgan fingerprint density at radius 2 is 2.23 bits per heavy atom. The van der Waals surface area contributed by atoms with Crippen molar-refractivity contribution in [3.63, 3.8) is 0 Å². The van der Waals surface area contributed by atoms with Crippen molar-refractivity contribution in [2.24, 2.45) is 0 Å². The number of aromatic nitrogens is 2. The summed E-state index contributed by atoms with van der Waals surface area (Å²) < 4.78 is 11.7. The van der Waals surface area contributed by atoms with Gasteiger partial charge < -0.3 is 14.8 Å². The van der Waals surface area contributed by atoms with Crippen molar-refractivity contribution in [3.8, 4) is 11.5 Å². The van der Waals surface area contributed by atoms with Gasteiger partial charge in [-0.05, 0) is 19.1 Å². The summed E-state index contributed by atoms with van der Waals surface area (Å²) >= 11 is 0. The lowest BCUT2D eigenvalue weighted by Gasteiger charge is -2.12. The van der Waals surface area contributed by atoms with Crippen molar-refractivity contribution < 1.29 is 19.2 Å². The highest BCUT2D eigenvalue weighted by atomic mass is 16.7. The van der Waals surface area contributed by atoms with Gasteiger partial charge in [-0.3, -0.25) is 19.6 Å². The van der Waals surface area contributed by atoms with Crippen LogP contribution in [-0.2, 0) is 4.79 Å². The van der Waals surface area contributed by atoms with Crippen LogP contribution in [0.15, 0.2) is 30.6 Å². The summed E-state index contributed by atoms with van der Waals surface area (Å²) in [5.41, 5.74) is 0.380. The summed E-state index contributed by atoms with van der Waals surface area (Å²) in [4.78, 5) is 22.2. The SMILES string of the molecule is C[C@@H](C(=O)Nc1ccc2c(c1)OCO2)n1cc([N+](=O)[O-])cn1. The zero-order chi connectivity index (χ0) is 15.7. The molecule has 1 aromatic heterocycles. The van der Waals surface area contributed by atoms with Gasteiger partial charge in [0, 0.05) is 11.8 Å². The number of nitro groups is 1. The number of carbonyl (C=O) groups excluding carboxylic acids is 1. The van der Waals surface area contributed by atoms with Gasteiger partial charge in [0.25, 0.3) is 0 Å². The lowest BCUT2D eigenvalue weighted by Crippen LogP contribution is -2.23. The Morgan fingerprint density at radius 3 is 2.95 bits per heavy atom. The number of amides is 1. The molecule has 0 saturated heterocycles. The molecule has 9 heteroatoms. The normalized spacial score (nSPS) is 13.7. The minimum absolute atomic E-state index is 0.153. The molecular weight excluding hydrogens is 292 g/mol. The molecule has 0 aliphatic carbocycles. The fourth-order valence-electron chi connectivity index (χ4n) is 1.98. The molecule has 2 aromatic rings. The number of fused-ring (bicyclic) bond motifs is 1. The van der Waals surface area contributed by atoms with Crippen molar-refractivity contribution in [1.82, 2.24) is 9.78 Å². The van der Waals surface area contributed by atoms with Gasteiger partial charge in [-0.25, -0.2) is 0 Å². The third-order valence-electron chi connectivity index (χ3n) is 3.22. The highest BCUT2D eigenvalue weighted by molar-refractivity contribution is 5.93. The molecule has 0 saturated carbocycles. The molecule has 22 heavy (non-hydrogen) atoms. The van der Waals surface area contributed by atoms with Crippen LogP contribution in [-0.4, -0.2) is 27.4 Å². The predicted octanol–water partition coefficient (Wildman–Crippen LogP) is 1.72. The van der Waals surface area contributed by atoms with Crippen LogP contribution < -0.4 is 14.8 Å². The molecule has 1 aliphatic rings. The van der Waals surface area contributed by atoms with Gasteiger partial charge in [0.05, 0.1) is 4.92 Å². The zero-order valence-corrected chi connectivity index (χ0v) is 11.6. The average molecular weight is 304 g/mol. The second-order valence-electron chi connectivity index (χ2n) is 4.67. The largest absolute Gasteiger partial charge is 0.454 e. The van der Waals surface area contributed by atoms with E-state index in [1.54, 1.807) is 25.1 Å². The molecule has 0 radical (unpaired) electrons. The molecular formula is C13H12N4O5. The van der Waals surface area contributed by atoms with E-state index in [-0.39, 0.29) is 18.4 Å². The van der Waals surface area contributed by atoms with Crippen LogP contribution in [0.2, 0.25) is 0 Å². The van der Waals surface area contributed by atoms with Gasteiger partial charge in [0.2, 0.25) is 12.7 Å². The highest BCUT2D eigenvalue weighted by Crippen LogP contribution is 2.34. The van der Waals surface area contributed by atoms with Gasteiger partial charge >= 0.3 is 5.69 Å². The number of anilines is 1. The average Bonchev–Trinajstić information content (AvgIpc) is 3.15. The molecule has 1 amide bonds. The topological polar surface area (TPSA) is 109 Å². The van der Waals surface area contributed by atoms with E-state index in [4.69, 9.17) is 9.47 Å². The van der Waals surface area contributed by atoms with Gasteiger partial charge in [-0.2, -0.15) is 5.10 Å². The monoisotopic (exact) mass is 304 g/mol. The van der Waals surface area contributed by atoms with E-state index in [0.717, 1.165) is 6.20 Å². The predicted molar refractivity (Wildman–Crippen MR) is 74.8 cm³/mol. The third-order valence-corrected chi connectivity index (χ3v) is 3.22. The van der Waals surface area contributed by atoms with E-state index in [1.807, 2.05) is 0 Å². The van der Waals surface area contributed by atoms with Crippen LogP contribution in [0.4, 0.5) is 11.4 Å². The van der Waals surface area contributed by atoms with Crippen molar-refractivity contribution >= 4 is 17.3 Å². The molecule has 114 valence electrons. The Kier molecular flexibility index (Phi) is 3.37. The minimum Gasteiger partial charge on any atom is -0.454 e. The van der Waals surface area contributed by atoms with E-state index in [9.17, 15) is 14.9 Å². The summed E-state index contributed by atoms with van der Waals surface area (Å²) in [7, 11) is 0. The third kappa shape index (κ3) is 2.55. The second kappa shape index (κ2) is 5.35. The molecule has 1 aromatic carbocycles. The molecule has 0 bridgehead atoms. The van der Waals surface area contributed by atoms with Crippen molar-refractivity contribution in [2.75, 3.05) is 12.1 Å². The number of carbonyl (C=O) groups is 1. The summed E-state index contributed by atoms with van der Waals surface area (Å²) in [6.07, 6.45) is 2.31. The van der Waals surface area contributed by atoms with Crippen LogP contribution >= 0.6 is 0 Å². The van der Waals surface area contributed by atoms with E-state index in [2.05, 4.69) is 10.4 Å². The fraction of sp³-hybridized carbons (Fsp3) is 0.231. The maximum Gasteiger partial charge on any atom is 0.307 e. The van der Waals surface area contributed by atoms with Crippen molar-refractivity contribution in [2.45, 2.75) is 13.0 Å². The first-order valence-corrected chi connectivity index (χ1v) is 6.43. The molecule has 0 fully saturated rings. The van der Waals surface area contributed by atoms with Gasteiger partial charge in [-0.1, -0.05) is 0 Å². The first-order chi connectivity index (χ1) is 10.5. The standard InChI is InChI=1S/C13H12N4O5/c1-8(16-6-10(5-14-16)17(19)20)13(18)15-9-2-3-11-12(4-9)22-7-21-11/h2-6,8H,7H2,1H3,(H,15,18)/t8-/m0/s1. The Hall–Kier alpha value is -3.10. The molecule has 1 N–H and O–H groups in total. The quantitative estimate of drug-likeness (QED) is 0.680. The number of hydrogen-bond donors (Lipinski definition) is 1. The molecule has 1 aliphatic heterocycles. The van der Waals surface area contributed by atoms with Crippen LogP contribution in [0.1, 0.15) is 13.0 Å². The Bertz CT molecular complexity index is 742. The zero-order valence-electron chi connectivity index (χ0n) is 11.6. The van der Waals surface area contributed by atoms with Crippen molar-refractivity contribution in [1.29, 1.82) is 0 Å². The summed E-state index contributed by atoms with van der Waals surface area (Å²) in [5.74, 6) is 0.825. The van der Waals surface area contributed by atoms with Crippen LogP contribution in [0, 0.1) is 10.1 Å². The first-order valence-electron chi connectivity index (χ1n) is 6.43. The molecule has 2 heterocycles. The molecule has 3 rings (SSSR count). The van der Waals surface area contributed by atoms with Crippen LogP contribution in [0.3, 0.4) is 0 Å². The number of nitrogens with zero attached hydrogens (tertiary/aromatic N) is 3. The van der Waals surface area contributed by atoms with Gasteiger partial charge in [0.15, 0.2) is 11.5 Å². The number of nitrogens with one attached hydrogen (secondary N) is 1. The molecule has 1 atom stereocenters. The van der Waals surface area contributed by atoms with E-state index in [1.165, 1.54) is 10.9 Å². The summed E-state index contributed by atoms with van der Waals surface area (Å²) in [6, 6.07) is 4.34. The lowest BCUT2D eigenvalue weighted by atomic mass is 10.2. The summed E-state index contributed by atoms with van der Waals surface area (Å²) in [6.45, 7) is 1.75. The molecule has 9 nitrogen and oxygen atoms in total. The Morgan fingerprint density at radius 1 is 1.45 bits per heavy atom. The Balaban J connectivity index is 1.71. The summed E-state index contributed by atoms with van der Waals surface area (Å²) in [5, 5.41) is 17.2. The van der Waals surface area contributed by atoms with E-state index >= 15 is 0 Å². The van der Waals surface area contributed by atoms with Gasteiger partial charge in [-0.15, -0.1) is 0 Å². The molecule has 0 unspecified atom stereocenters. The van der Waals surface area contributed by atoms with E-state index in [0.29, 0.717) is 17.2 Å². The fourth-order valence-corrected chi connectivity index (χ4v) is 1.98. The van der Waals surface area contributed by atoms with Crippen molar-refractivity contribution in [3.05, 3.63) is 40.7 Å². The van der Waals surface area contributed by atoms with Crippen LogP contribution in [0.25, 0.3) is 0 Å². The Labute approximate surface area is 124 Å². The number of rotatable bonds is 4. The first kappa shape index (κ1) is 13.9. The number of hydrogen-bond acceptors (Lipinski definition) is 6. The number of ether oxygens (including phenoxy) is 2. The minimum atomic E-state index is -0.695.